The van der Waals surface area contributed by atoms with Crippen LogP contribution in [-0.2, 0) is 10.0 Å². The molecule has 0 bridgehead atoms. The van der Waals surface area contributed by atoms with Crippen molar-refractivity contribution in [2.24, 2.45) is 5.14 Å². The molecule has 1 rings (SSSR count). The molecule has 2 N–H and O–H groups in total. The van der Waals surface area contributed by atoms with Crippen LogP contribution in [0, 0.1) is 11.6 Å². The lowest BCUT2D eigenvalue weighted by atomic mass is 10.3. The van der Waals surface area contributed by atoms with Crippen LogP contribution in [0.15, 0.2) is 23.1 Å². The highest BCUT2D eigenvalue weighted by molar-refractivity contribution is 7.89. The van der Waals surface area contributed by atoms with E-state index in [9.17, 15) is 17.2 Å². The van der Waals surface area contributed by atoms with Gasteiger partial charge in [-0.05, 0) is 12.1 Å². The van der Waals surface area contributed by atoms with Crippen molar-refractivity contribution in [1.82, 2.24) is 0 Å². The number of benzene rings is 1. The summed E-state index contributed by atoms with van der Waals surface area (Å²) in [7, 11) is -4.17. The zero-order valence-corrected chi connectivity index (χ0v) is 9.06. The van der Waals surface area contributed by atoms with Crippen LogP contribution in [0.2, 0.25) is 0 Å². The molecule has 1 aromatic carbocycles. The van der Waals surface area contributed by atoms with Gasteiger partial charge in [0.2, 0.25) is 10.0 Å². The Morgan fingerprint density at radius 3 is 2.00 bits per heavy atom. The van der Waals surface area contributed by atoms with Crippen molar-refractivity contribution >= 4 is 34.8 Å². The third-order valence-corrected chi connectivity index (χ3v) is 2.15. The fourth-order valence-electron chi connectivity index (χ4n) is 0.704. The molecule has 0 saturated heterocycles. The summed E-state index contributed by atoms with van der Waals surface area (Å²) in [5, 5.41) is 4.59. The molecule has 0 aliphatic heterocycles. The Bertz CT molecular complexity index is 410. The average molecular weight is 266 g/mol. The first-order valence-electron chi connectivity index (χ1n) is 2.90. The predicted octanol–water partition coefficient (Wildman–Crippen LogP) is 1.46. The third kappa shape index (κ3) is 3.38. The van der Waals surface area contributed by atoms with Gasteiger partial charge in [-0.2, -0.15) is 0 Å². The van der Waals surface area contributed by atoms with Crippen molar-refractivity contribution in [3.05, 3.63) is 29.8 Å². The molecule has 14 heavy (non-hydrogen) atoms. The quantitative estimate of drug-likeness (QED) is 0.836. The van der Waals surface area contributed by atoms with Gasteiger partial charge in [-0.25, -0.2) is 22.3 Å². The van der Waals surface area contributed by atoms with E-state index in [4.69, 9.17) is 0 Å². The number of primary sulfonamides is 1. The summed E-state index contributed by atoms with van der Waals surface area (Å²) in [5.74, 6) is -2.68. The highest BCUT2D eigenvalue weighted by Crippen LogP contribution is 2.14. The molecule has 82 valence electrons. The number of hydrogen-bond acceptors (Lipinski definition) is 2. The number of rotatable bonds is 1. The average Bonchev–Trinajstić information content (AvgIpc) is 1.92. The van der Waals surface area contributed by atoms with Gasteiger partial charge >= 0.3 is 0 Å². The van der Waals surface area contributed by atoms with Crippen molar-refractivity contribution in [2.45, 2.75) is 4.90 Å². The van der Waals surface area contributed by atoms with Gasteiger partial charge in [0.25, 0.3) is 0 Å². The van der Waals surface area contributed by atoms with E-state index in [-0.39, 0.29) is 24.8 Å². The lowest BCUT2D eigenvalue weighted by Gasteiger charge is -1.99. The monoisotopic (exact) mass is 265 g/mol. The van der Waals surface area contributed by atoms with E-state index in [2.05, 4.69) is 5.14 Å². The summed E-state index contributed by atoms with van der Waals surface area (Å²) in [6.07, 6.45) is 0. The predicted molar refractivity (Wildman–Crippen MR) is 52.2 cm³/mol. The molecule has 0 heterocycles. The summed E-state index contributed by atoms with van der Waals surface area (Å²) < 4.78 is 46.2. The van der Waals surface area contributed by atoms with E-state index in [1.165, 1.54) is 0 Å². The summed E-state index contributed by atoms with van der Waals surface area (Å²) in [4.78, 5) is -0.831. The zero-order valence-electron chi connectivity index (χ0n) is 6.61. The van der Waals surface area contributed by atoms with Crippen LogP contribution in [0.3, 0.4) is 0 Å². The Hall–Kier alpha value is -0.430. The maximum atomic E-state index is 12.7. The normalized spacial score (nSPS) is 9.93. The van der Waals surface area contributed by atoms with E-state index in [0.717, 1.165) is 18.2 Å². The van der Waals surface area contributed by atoms with Gasteiger partial charge in [-0.1, -0.05) is 6.07 Å². The summed E-state index contributed by atoms with van der Waals surface area (Å²) in [6, 6.07) is 2.77. The molecule has 0 radical (unpaired) electrons. The molecule has 0 saturated carbocycles. The number of hydrogen-bond donors (Lipinski definition) is 1. The first kappa shape index (κ1) is 16.0. The molecule has 0 spiro atoms. The molecular formula is C6H7Cl2F2NO2S. The summed E-state index contributed by atoms with van der Waals surface area (Å²) in [5.41, 5.74) is 0. The second-order valence-electron chi connectivity index (χ2n) is 2.10. The van der Waals surface area contributed by atoms with Gasteiger partial charge in [0.1, 0.15) is 4.90 Å². The van der Waals surface area contributed by atoms with Crippen LogP contribution < -0.4 is 5.14 Å². The molecule has 3 nitrogen and oxygen atoms in total. The SMILES string of the molecule is Cl.Cl.NS(=O)(=O)c1cccc(F)c1F. The molecule has 0 fully saturated rings. The Balaban J connectivity index is 0. The fraction of sp³-hybridized carbons (Fsp3) is 0. The second kappa shape index (κ2) is 5.45. The van der Waals surface area contributed by atoms with Crippen molar-refractivity contribution < 1.29 is 17.2 Å². The second-order valence-corrected chi connectivity index (χ2v) is 3.63. The van der Waals surface area contributed by atoms with Crippen LogP contribution in [0.25, 0.3) is 0 Å². The molecule has 1 aromatic rings. The molecule has 0 atom stereocenters. The Morgan fingerprint density at radius 1 is 1.14 bits per heavy atom. The smallest absolute Gasteiger partial charge is 0.225 e. The Morgan fingerprint density at radius 2 is 1.64 bits per heavy atom. The third-order valence-electron chi connectivity index (χ3n) is 1.22. The minimum Gasteiger partial charge on any atom is -0.225 e. The zero-order chi connectivity index (χ0) is 9.35. The van der Waals surface area contributed by atoms with E-state index < -0.39 is 26.6 Å². The summed E-state index contributed by atoms with van der Waals surface area (Å²) in [6.45, 7) is 0. The number of nitrogens with two attached hydrogens (primary N) is 1. The van der Waals surface area contributed by atoms with Crippen LogP contribution in [-0.4, -0.2) is 8.42 Å². The van der Waals surface area contributed by atoms with Crippen molar-refractivity contribution in [3.63, 3.8) is 0 Å². The van der Waals surface area contributed by atoms with Crippen molar-refractivity contribution in [3.8, 4) is 0 Å². The maximum Gasteiger partial charge on any atom is 0.241 e. The molecule has 0 aliphatic rings. The lowest BCUT2D eigenvalue weighted by molar-refractivity contribution is 0.485. The Labute approximate surface area is 92.2 Å². The molecule has 0 amide bonds. The molecular weight excluding hydrogens is 259 g/mol. The molecule has 0 aliphatic carbocycles. The highest BCUT2D eigenvalue weighted by atomic mass is 35.5. The molecule has 0 aromatic heterocycles. The molecule has 0 unspecified atom stereocenters. The minimum absolute atomic E-state index is 0. The fourth-order valence-corrected chi connectivity index (χ4v) is 1.32. The standard InChI is InChI=1S/C6H5F2NO2S.2ClH/c7-4-2-1-3-5(6(4)8)12(9,10)11;;/h1-3H,(H2,9,10,11);2*1H. The summed E-state index contributed by atoms with van der Waals surface area (Å²) >= 11 is 0. The van der Waals surface area contributed by atoms with Gasteiger partial charge in [-0.3, -0.25) is 0 Å². The van der Waals surface area contributed by atoms with E-state index in [1.807, 2.05) is 0 Å². The highest BCUT2D eigenvalue weighted by Gasteiger charge is 2.16. The van der Waals surface area contributed by atoms with Crippen LogP contribution in [0.1, 0.15) is 0 Å². The topological polar surface area (TPSA) is 60.2 Å². The largest absolute Gasteiger partial charge is 0.241 e. The minimum atomic E-state index is -4.17. The van der Waals surface area contributed by atoms with Crippen molar-refractivity contribution in [1.29, 1.82) is 0 Å². The van der Waals surface area contributed by atoms with Crippen LogP contribution >= 0.6 is 24.8 Å². The maximum absolute atomic E-state index is 12.7. The van der Waals surface area contributed by atoms with E-state index >= 15 is 0 Å². The number of halogens is 4. The van der Waals surface area contributed by atoms with E-state index in [0.29, 0.717) is 0 Å². The van der Waals surface area contributed by atoms with E-state index in [1.54, 1.807) is 0 Å². The van der Waals surface area contributed by atoms with Gasteiger partial charge in [0, 0.05) is 0 Å². The number of sulfonamides is 1. The van der Waals surface area contributed by atoms with Gasteiger partial charge in [0.15, 0.2) is 11.6 Å². The van der Waals surface area contributed by atoms with Crippen LogP contribution in [0.4, 0.5) is 8.78 Å². The van der Waals surface area contributed by atoms with Gasteiger partial charge < -0.3 is 0 Å². The van der Waals surface area contributed by atoms with Crippen molar-refractivity contribution in [2.75, 3.05) is 0 Å². The first-order chi connectivity index (χ1) is 5.43. The van der Waals surface area contributed by atoms with Gasteiger partial charge in [-0.15, -0.1) is 24.8 Å². The van der Waals surface area contributed by atoms with Gasteiger partial charge in [0.05, 0.1) is 0 Å². The van der Waals surface area contributed by atoms with Crippen LogP contribution in [0.5, 0.6) is 0 Å². The first-order valence-corrected chi connectivity index (χ1v) is 4.44. The molecule has 8 heteroatoms. The lowest BCUT2D eigenvalue weighted by Crippen LogP contribution is -2.14. The Kier molecular flexibility index (Phi) is 6.24.